The first kappa shape index (κ1) is 20.0. The minimum Gasteiger partial charge on any atom is -0.395 e. The number of ether oxygens (including phenoxy) is 2. The molecular weight excluding hydrogens is 413 g/mol. The second-order valence-electron chi connectivity index (χ2n) is 6.49. The van der Waals surface area contributed by atoms with Crippen LogP contribution in [0.2, 0.25) is 0 Å². The van der Waals surface area contributed by atoms with Gasteiger partial charge in [0.1, 0.15) is 17.6 Å². The number of nitrogens with zero attached hydrogens (tertiary/aromatic N) is 2. The van der Waals surface area contributed by atoms with E-state index < -0.39 is 18.0 Å². The fraction of sp³-hybridized carbons (Fsp3) is 0.0952. The van der Waals surface area contributed by atoms with Gasteiger partial charge in [0, 0.05) is 30.2 Å². The molecule has 0 fully saturated rings. The minimum absolute atomic E-state index is 0.00226. The van der Waals surface area contributed by atoms with Gasteiger partial charge >= 0.3 is 6.29 Å². The first-order chi connectivity index (χ1) is 14.8. The summed E-state index contributed by atoms with van der Waals surface area (Å²) in [6, 6.07) is 12.6. The number of carbonyl (C=O) groups is 1. The van der Waals surface area contributed by atoms with Crippen molar-refractivity contribution in [1.82, 2.24) is 4.98 Å². The van der Waals surface area contributed by atoms with Crippen molar-refractivity contribution in [3.8, 4) is 17.6 Å². The number of hydrogen-bond acceptors (Lipinski definition) is 6. The molecule has 10 heteroatoms. The molecule has 156 valence electrons. The molecule has 1 aromatic heterocycles. The molecule has 0 radical (unpaired) electrons. The molecule has 0 bridgehead atoms. The standard InChI is InChI=1S/C21H13F3N4O3/c22-13-1-3-17(27-11-12-5-6-26-15(7-12)10-25)16(8-13)20(29)28-14-2-4-18-19(9-14)31-21(23,24)30-18/h1-9,27H,11H2,(H,28,29). The molecule has 3 aromatic rings. The van der Waals surface area contributed by atoms with Gasteiger partial charge < -0.3 is 20.1 Å². The van der Waals surface area contributed by atoms with Crippen molar-refractivity contribution < 1.29 is 27.4 Å². The topological polar surface area (TPSA) is 96.3 Å². The third kappa shape index (κ3) is 4.51. The van der Waals surface area contributed by atoms with Crippen LogP contribution in [-0.2, 0) is 6.54 Å². The number of nitrogens with one attached hydrogen (secondary N) is 2. The maximum Gasteiger partial charge on any atom is 0.586 e. The number of pyridine rings is 1. The van der Waals surface area contributed by atoms with Crippen LogP contribution in [0, 0.1) is 17.1 Å². The van der Waals surface area contributed by atoms with Crippen LogP contribution in [0.5, 0.6) is 11.5 Å². The fourth-order valence-corrected chi connectivity index (χ4v) is 2.93. The first-order valence-electron chi connectivity index (χ1n) is 8.93. The third-order valence-corrected chi connectivity index (χ3v) is 4.31. The molecule has 0 aliphatic carbocycles. The van der Waals surface area contributed by atoms with E-state index in [1.807, 2.05) is 6.07 Å². The smallest absolute Gasteiger partial charge is 0.395 e. The average Bonchev–Trinajstić information content (AvgIpc) is 3.06. The highest BCUT2D eigenvalue weighted by atomic mass is 19.3. The second kappa shape index (κ2) is 7.87. The summed E-state index contributed by atoms with van der Waals surface area (Å²) in [6.45, 7) is 0.252. The van der Waals surface area contributed by atoms with Gasteiger partial charge in [-0.05, 0) is 48.0 Å². The molecule has 1 amide bonds. The molecule has 1 aliphatic heterocycles. The highest BCUT2D eigenvalue weighted by Gasteiger charge is 2.43. The molecule has 31 heavy (non-hydrogen) atoms. The van der Waals surface area contributed by atoms with Gasteiger partial charge in [-0.1, -0.05) is 0 Å². The first-order valence-corrected chi connectivity index (χ1v) is 8.93. The molecule has 2 N–H and O–H groups in total. The van der Waals surface area contributed by atoms with Crippen molar-refractivity contribution in [2.75, 3.05) is 10.6 Å². The van der Waals surface area contributed by atoms with Crippen molar-refractivity contribution in [2.24, 2.45) is 0 Å². The lowest BCUT2D eigenvalue weighted by Crippen LogP contribution is -2.25. The van der Waals surface area contributed by atoms with E-state index in [4.69, 9.17) is 5.26 Å². The fourth-order valence-electron chi connectivity index (χ4n) is 2.93. The largest absolute Gasteiger partial charge is 0.586 e. The number of halogens is 3. The van der Waals surface area contributed by atoms with Crippen LogP contribution in [0.3, 0.4) is 0 Å². The Labute approximate surface area is 174 Å². The molecule has 2 heterocycles. The van der Waals surface area contributed by atoms with E-state index in [1.54, 1.807) is 12.1 Å². The van der Waals surface area contributed by atoms with Crippen molar-refractivity contribution in [3.63, 3.8) is 0 Å². The van der Waals surface area contributed by atoms with Gasteiger partial charge in [-0.2, -0.15) is 5.26 Å². The van der Waals surface area contributed by atoms with Gasteiger partial charge in [-0.15, -0.1) is 8.78 Å². The lowest BCUT2D eigenvalue weighted by atomic mass is 10.1. The van der Waals surface area contributed by atoms with Crippen LogP contribution in [0.4, 0.5) is 24.5 Å². The predicted octanol–water partition coefficient (Wildman–Crippen LogP) is 4.28. The summed E-state index contributed by atoms with van der Waals surface area (Å²) in [6.07, 6.45) is -2.29. The number of alkyl halides is 2. The van der Waals surface area contributed by atoms with E-state index in [-0.39, 0.29) is 35.0 Å². The number of carbonyl (C=O) groups excluding carboxylic acids is 1. The van der Waals surface area contributed by atoms with Crippen LogP contribution in [-0.4, -0.2) is 17.2 Å². The van der Waals surface area contributed by atoms with E-state index in [9.17, 15) is 18.0 Å². The van der Waals surface area contributed by atoms with Gasteiger partial charge in [0.15, 0.2) is 11.5 Å². The van der Waals surface area contributed by atoms with E-state index in [1.165, 1.54) is 36.5 Å². The number of benzene rings is 2. The molecule has 0 unspecified atom stereocenters. The summed E-state index contributed by atoms with van der Waals surface area (Å²) in [5.41, 5.74) is 1.47. The van der Waals surface area contributed by atoms with Crippen LogP contribution in [0.25, 0.3) is 0 Å². The third-order valence-electron chi connectivity index (χ3n) is 4.31. The molecule has 1 aliphatic rings. The van der Waals surface area contributed by atoms with E-state index in [2.05, 4.69) is 25.1 Å². The monoisotopic (exact) mass is 426 g/mol. The summed E-state index contributed by atoms with van der Waals surface area (Å²) in [4.78, 5) is 16.6. The molecule has 2 aromatic carbocycles. The number of aromatic nitrogens is 1. The zero-order chi connectivity index (χ0) is 22.0. The molecule has 0 saturated heterocycles. The lowest BCUT2D eigenvalue weighted by molar-refractivity contribution is -0.286. The van der Waals surface area contributed by atoms with E-state index >= 15 is 0 Å². The van der Waals surface area contributed by atoms with Crippen LogP contribution < -0.4 is 20.1 Å². The van der Waals surface area contributed by atoms with Crippen molar-refractivity contribution in [1.29, 1.82) is 5.26 Å². The predicted molar refractivity (Wildman–Crippen MR) is 103 cm³/mol. The quantitative estimate of drug-likeness (QED) is 0.632. The van der Waals surface area contributed by atoms with Crippen molar-refractivity contribution >= 4 is 17.3 Å². The Bertz CT molecular complexity index is 1210. The van der Waals surface area contributed by atoms with Gasteiger partial charge in [-0.25, -0.2) is 9.37 Å². The highest BCUT2D eigenvalue weighted by molar-refractivity contribution is 6.08. The zero-order valence-corrected chi connectivity index (χ0v) is 15.7. The molecule has 0 spiro atoms. The van der Waals surface area contributed by atoms with Crippen molar-refractivity contribution in [2.45, 2.75) is 12.8 Å². The number of fused-ring (bicyclic) bond motifs is 1. The second-order valence-corrected chi connectivity index (χ2v) is 6.49. The van der Waals surface area contributed by atoms with E-state index in [0.717, 1.165) is 11.6 Å². The number of anilines is 2. The van der Waals surface area contributed by atoms with Gasteiger partial charge in [0.2, 0.25) is 0 Å². The normalized spacial score (nSPS) is 13.4. The number of rotatable bonds is 5. The summed E-state index contributed by atoms with van der Waals surface area (Å²) in [7, 11) is 0. The molecule has 0 atom stereocenters. The van der Waals surface area contributed by atoms with Crippen LogP contribution in [0.15, 0.2) is 54.7 Å². The Morgan fingerprint density at radius 1 is 1.10 bits per heavy atom. The van der Waals surface area contributed by atoms with E-state index in [0.29, 0.717) is 5.69 Å². The maximum atomic E-state index is 13.8. The van der Waals surface area contributed by atoms with Gasteiger partial charge in [0.25, 0.3) is 5.91 Å². The maximum absolute atomic E-state index is 13.8. The van der Waals surface area contributed by atoms with Gasteiger partial charge in [0.05, 0.1) is 5.56 Å². The summed E-state index contributed by atoms with van der Waals surface area (Å²) in [5.74, 6) is -1.69. The average molecular weight is 426 g/mol. The summed E-state index contributed by atoms with van der Waals surface area (Å²) < 4.78 is 48.8. The number of nitriles is 1. The Balaban J connectivity index is 1.52. The van der Waals surface area contributed by atoms with Crippen molar-refractivity contribution in [3.05, 3.63) is 77.4 Å². The zero-order valence-electron chi connectivity index (χ0n) is 15.7. The summed E-state index contributed by atoms with van der Waals surface area (Å²) >= 11 is 0. The van der Waals surface area contributed by atoms with Crippen LogP contribution >= 0.6 is 0 Å². The Kier molecular flexibility index (Phi) is 5.09. The highest BCUT2D eigenvalue weighted by Crippen LogP contribution is 2.42. The SMILES string of the molecule is N#Cc1cc(CNc2ccc(F)cc2C(=O)Nc2ccc3c(c2)OC(F)(F)O3)ccn1. The Morgan fingerprint density at radius 3 is 2.71 bits per heavy atom. The number of amides is 1. The van der Waals surface area contributed by atoms with Crippen LogP contribution in [0.1, 0.15) is 21.6 Å². The molecule has 0 saturated carbocycles. The molecular formula is C21H13F3N4O3. The molecule has 4 rings (SSSR count). The summed E-state index contributed by atoms with van der Waals surface area (Å²) in [5, 5.41) is 14.5. The molecule has 7 nitrogen and oxygen atoms in total. The number of hydrogen-bond donors (Lipinski definition) is 2. The minimum atomic E-state index is -3.77. The lowest BCUT2D eigenvalue weighted by Gasteiger charge is -2.13. The Hall–Kier alpha value is -4.26. The Morgan fingerprint density at radius 2 is 1.90 bits per heavy atom. The van der Waals surface area contributed by atoms with Gasteiger partial charge in [-0.3, -0.25) is 4.79 Å².